The molecule has 1 aliphatic carbocycles. The molecular formula is C12H15BrFNO2. The van der Waals surface area contributed by atoms with Gasteiger partial charge in [-0.25, -0.2) is 4.39 Å². The standard InChI is InChI=1S/C12H15BrFNO2/c1-17-8-6-7(14)9(10(13)11(8)16)12(15)4-2-3-5-12/h6,16H,2-5,15H2,1H3. The molecule has 1 aliphatic rings. The highest BCUT2D eigenvalue weighted by Gasteiger charge is 2.37. The molecule has 17 heavy (non-hydrogen) atoms. The number of hydrogen-bond donors (Lipinski definition) is 2. The van der Waals surface area contributed by atoms with Crippen LogP contribution in [0.2, 0.25) is 0 Å². The van der Waals surface area contributed by atoms with E-state index in [0.717, 1.165) is 25.7 Å². The zero-order valence-corrected chi connectivity index (χ0v) is 11.2. The molecule has 2 rings (SSSR count). The summed E-state index contributed by atoms with van der Waals surface area (Å²) in [6, 6.07) is 1.18. The Balaban J connectivity index is 2.58. The number of aromatic hydroxyl groups is 1. The Morgan fingerprint density at radius 3 is 2.59 bits per heavy atom. The fraction of sp³-hybridized carbons (Fsp3) is 0.500. The zero-order chi connectivity index (χ0) is 12.6. The highest BCUT2D eigenvalue weighted by atomic mass is 79.9. The maximum Gasteiger partial charge on any atom is 0.172 e. The minimum atomic E-state index is -0.688. The average Bonchev–Trinajstić information content (AvgIpc) is 2.71. The van der Waals surface area contributed by atoms with Crippen LogP contribution in [0.1, 0.15) is 31.2 Å². The van der Waals surface area contributed by atoms with Crippen LogP contribution in [0.25, 0.3) is 0 Å². The SMILES string of the molecule is COc1cc(F)c(C2(N)CCCC2)c(Br)c1O. The molecule has 1 aromatic rings. The normalized spacial score (nSPS) is 18.4. The summed E-state index contributed by atoms with van der Waals surface area (Å²) in [5.41, 5.74) is 5.89. The third-order valence-electron chi connectivity index (χ3n) is 3.37. The smallest absolute Gasteiger partial charge is 0.172 e. The van der Waals surface area contributed by atoms with Crippen molar-refractivity contribution in [2.24, 2.45) is 5.73 Å². The first-order chi connectivity index (χ1) is 7.99. The summed E-state index contributed by atoms with van der Waals surface area (Å²) < 4.78 is 19.3. The predicted octanol–water partition coefficient (Wildman–Crippen LogP) is 3.03. The van der Waals surface area contributed by atoms with Gasteiger partial charge in [-0.05, 0) is 28.8 Å². The van der Waals surface area contributed by atoms with Gasteiger partial charge in [-0.2, -0.15) is 0 Å². The summed E-state index contributed by atoms with van der Waals surface area (Å²) in [5.74, 6) is -0.420. The van der Waals surface area contributed by atoms with Crippen molar-refractivity contribution in [1.29, 1.82) is 0 Å². The number of nitrogens with two attached hydrogens (primary N) is 1. The van der Waals surface area contributed by atoms with Crippen LogP contribution in [-0.4, -0.2) is 12.2 Å². The molecule has 5 heteroatoms. The van der Waals surface area contributed by atoms with Gasteiger partial charge in [-0.15, -0.1) is 0 Å². The van der Waals surface area contributed by atoms with E-state index in [1.54, 1.807) is 0 Å². The third kappa shape index (κ3) is 2.02. The maximum atomic E-state index is 14.1. The first-order valence-corrected chi connectivity index (χ1v) is 6.33. The number of benzene rings is 1. The molecular weight excluding hydrogens is 289 g/mol. The van der Waals surface area contributed by atoms with Gasteiger partial charge in [0.25, 0.3) is 0 Å². The van der Waals surface area contributed by atoms with Crippen molar-refractivity contribution in [2.45, 2.75) is 31.2 Å². The van der Waals surface area contributed by atoms with Crippen molar-refractivity contribution in [3.8, 4) is 11.5 Å². The van der Waals surface area contributed by atoms with E-state index >= 15 is 0 Å². The fourth-order valence-corrected chi connectivity index (χ4v) is 3.23. The van der Waals surface area contributed by atoms with Crippen LogP contribution < -0.4 is 10.5 Å². The van der Waals surface area contributed by atoms with E-state index in [-0.39, 0.29) is 11.5 Å². The molecule has 0 atom stereocenters. The molecule has 1 fully saturated rings. The molecule has 94 valence electrons. The second kappa shape index (κ2) is 4.46. The quantitative estimate of drug-likeness (QED) is 0.883. The summed E-state index contributed by atoms with van der Waals surface area (Å²) in [4.78, 5) is 0. The Morgan fingerprint density at radius 1 is 1.47 bits per heavy atom. The summed E-state index contributed by atoms with van der Waals surface area (Å²) >= 11 is 3.22. The van der Waals surface area contributed by atoms with E-state index in [2.05, 4.69) is 15.9 Å². The number of phenolic OH excluding ortho intramolecular Hbond substituents is 1. The molecule has 0 saturated heterocycles. The molecule has 1 aromatic carbocycles. The van der Waals surface area contributed by atoms with Gasteiger partial charge in [0.15, 0.2) is 11.5 Å². The first kappa shape index (κ1) is 12.6. The van der Waals surface area contributed by atoms with Gasteiger partial charge in [0.2, 0.25) is 0 Å². The van der Waals surface area contributed by atoms with Gasteiger partial charge in [0.1, 0.15) is 5.82 Å². The molecule has 1 saturated carbocycles. The van der Waals surface area contributed by atoms with Crippen LogP contribution in [0.3, 0.4) is 0 Å². The molecule has 0 bridgehead atoms. The summed E-state index contributed by atoms with van der Waals surface area (Å²) in [7, 11) is 1.38. The second-order valence-electron chi connectivity index (χ2n) is 4.46. The molecule has 0 spiro atoms. The van der Waals surface area contributed by atoms with E-state index < -0.39 is 11.4 Å². The number of methoxy groups -OCH3 is 1. The number of phenols is 1. The molecule has 0 aliphatic heterocycles. The summed E-state index contributed by atoms with van der Waals surface area (Å²) in [5, 5.41) is 9.88. The van der Waals surface area contributed by atoms with Crippen LogP contribution in [0, 0.1) is 5.82 Å². The first-order valence-electron chi connectivity index (χ1n) is 5.54. The van der Waals surface area contributed by atoms with Crippen molar-refractivity contribution >= 4 is 15.9 Å². The van der Waals surface area contributed by atoms with Gasteiger partial charge < -0.3 is 15.6 Å². The van der Waals surface area contributed by atoms with Crippen molar-refractivity contribution < 1.29 is 14.2 Å². The number of rotatable bonds is 2. The number of ether oxygens (including phenoxy) is 1. The fourth-order valence-electron chi connectivity index (χ4n) is 2.45. The Hall–Kier alpha value is -0.810. The molecule has 0 radical (unpaired) electrons. The van der Waals surface area contributed by atoms with Gasteiger partial charge in [-0.3, -0.25) is 0 Å². The molecule has 0 heterocycles. The topological polar surface area (TPSA) is 55.5 Å². The second-order valence-corrected chi connectivity index (χ2v) is 5.25. The molecule has 3 N–H and O–H groups in total. The van der Waals surface area contributed by atoms with Crippen LogP contribution >= 0.6 is 15.9 Å². The van der Waals surface area contributed by atoms with Crippen LogP contribution in [0.5, 0.6) is 11.5 Å². The van der Waals surface area contributed by atoms with E-state index in [0.29, 0.717) is 10.0 Å². The van der Waals surface area contributed by atoms with E-state index in [9.17, 15) is 9.50 Å². The highest BCUT2D eigenvalue weighted by molar-refractivity contribution is 9.10. The lowest BCUT2D eigenvalue weighted by Crippen LogP contribution is -2.34. The lowest BCUT2D eigenvalue weighted by molar-refractivity contribution is 0.360. The van der Waals surface area contributed by atoms with Crippen molar-refractivity contribution in [3.63, 3.8) is 0 Å². The molecule has 0 amide bonds. The Bertz CT molecular complexity index is 445. The predicted molar refractivity (Wildman–Crippen MR) is 66.7 cm³/mol. The van der Waals surface area contributed by atoms with E-state index in [4.69, 9.17) is 10.5 Å². The largest absolute Gasteiger partial charge is 0.503 e. The third-order valence-corrected chi connectivity index (χ3v) is 4.14. The number of halogens is 2. The maximum absolute atomic E-state index is 14.1. The van der Waals surface area contributed by atoms with Crippen LogP contribution in [0.4, 0.5) is 4.39 Å². The summed E-state index contributed by atoms with van der Waals surface area (Å²) in [6.45, 7) is 0. The van der Waals surface area contributed by atoms with E-state index in [1.807, 2.05) is 0 Å². The average molecular weight is 304 g/mol. The molecule has 0 aromatic heterocycles. The van der Waals surface area contributed by atoms with Gasteiger partial charge in [0.05, 0.1) is 11.6 Å². The number of hydrogen-bond acceptors (Lipinski definition) is 3. The van der Waals surface area contributed by atoms with Gasteiger partial charge >= 0.3 is 0 Å². The van der Waals surface area contributed by atoms with E-state index in [1.165, 1.54) is 13.2 Å². The van der Waals surface area contributed by atoms with Crippen LogP contribution in [-0.2, 0) is 5.54 Å². The Kier molecular flexibility index (Phi) is 3.32. The van der Waals surface area contributed by atoms with Crippen LogP contribution in [0.15, 0.2) is 10.5 Å². The monoisotopic (exact) mass is 303 g/mol. The van der Waals surface area contributed by atoms with Gasteiger partial charge in [-0.1, -0.05) is 12.8 Å². The zero-order valence-electron chi connectivity index (χ0n) is 9.59. The highest BCUT2D eigenvalue weighted by Crippen LogP contribution is 2.46. The molecule has 0 unspecified atom stereocenters. The van der Waals surface area contributed by atoms with Crippen molar-refractivity contribution in [1.82, 2.24) is 0 Å². The minimum absolute atomic E-state index is 0.0966. The Labute approximate surface area is 108 Å². The minimum Gasteiger partial charge on any atom is -0.503 e. The summed E-state index contributed by atoms with van der Waals surface area (Å²) in [6.07, 6.45) is 3.42. The lowest BCUT2D eigenvalue weighted by Gasteiger charge is -2.26. The molecule has 3 nitrogen and oxygen atoms in total. The van der Waals surface area contributed by atoms with Gasteiger partial charge in [0, 0.05) is 17.2 Å². The lowest BCUT2D eigenvalue weighted by atomic mass is 9.88. The Morgan fingerprint density at radius 2 is 2.06 bits per heavy atom. The van der Waals surface area contributed by atoms with Crippen molar-refractivity contribution in [2.75, 3.05) is 7.11 Å². The van der Waals surface area contributed by atoms with Crippen molar-refractivity contribution in [3.05, 3.63) is 21.9 Å².